The number of alkyl carbamates (subject to hydrolysis) is 1. The van der Waals surface area contributed by atoms with Crippen molar-refractivity contribution >= 4 is 18.2 Å². The van der Waals surface area contributed by atoms with Crippen molar-refractivity contribution < 1.29 is 33.7 Å². The number of carbonyl (C=O) groups is 3. The fraction of sp³-hybridized carbons (Fsp3) is 0.192. The fourth-order valence-electron chi connectivity index (χ4n) is 3.08. The van der Waals surface area contributed by atoms with Gasteiger partial charge in [-0.25, -0.2) is 14.4 Å². The molecule has 0 radical (unpaired) electrons. The lowest BCUT2D eigenvalue weighted by molar-refractivity contribution is -0.143. The molecule has 0 aliphatic heterocycles. The molecule has 0 heterocycles. The molecule has 0 saturated heterocycles. The number of carboxylic acids is 1. The summed E-state index contributed by atoms with van der Waals surface area (Å²) < 4.78 is 15.4. The molecular formula is C26H25NO7. The van der Waals surface area contributed by atoms with Crippen molar-refractivity contribution in [2.45, 2.75) is 32.1 Å². The van der Waals surface area contributed by atoms with Crippen LogP contribution in [0.3, 0.4) is 0 Å². The Balaban J connectivity index is 1.52. The SMILES string of the molecule is CC(Cc1ccc(OC(=O)OCc2ccccc2)cc1)(NC(=O)OCc1ccccc1)C(=O)O. The highest BCUT2D eigenvalue weighted by Crippen LogP contribution is 2.19. The van der Waals surface area contributed by atoms with Crippen LogP contribution in [0.1, 0.15) is 23.6 Å². The smallest absolute Gasteiger partial charge is 0.480 e. The summed E-state index contributed by atoms with van der Waals surface area (Å²) in [5.74, 6) is -0.969. The average Bonchev–Trinajstić information content (AvgIpc) is 2.84. The lowest BCUT2D eigenvalue weighted by atomic mass is 9.93. The van der Waals surface area contributed by atoms with Crippen molar-refractivity contribution in [3.05, 3.63) is 102 Å². The largest absolute Gasteiger partial charge is 0.514 e. The summed E-state index contributed by atoms with van der Waals surface area (Å²) in [7, 11) is 0. The second kappa shape index (κ2) is 11.5. The number of rotatable bonds is 9. The van der Waals surface area contributed by atoms with Crippen LogP contribution in [0.15, 0.2) is 84.9 Å². The van der Waals surface area contributed by atoms with E-state index in [9.17, 15) is 19.5 Å². The molecule has 0 saturated carbocycles. The van der Waals surface area contributed by atoms with E-state index in [1.165, 1.54) is 19.1 Å². The van der Waals surface area contributed by atoms with Gasteiger partial charge >= 0.3 is 18.2 Å². The van der Waals surface area contributed by atoms with Gasteiger partial charge in [0.25, 0.3) is 0 Å². The summed E-state index contributed by atoms with van der Waals surface area (Å²) in [5.41, 5.74) is 0.619. The first kappa shape index (κ1) is 24.3. The molecule has 1 amide bonds. The van der Waals surface area contributed by atoms with Crippen molar-refractivity contribution in [2.24, 2.45) is 0 Å². The molecule has 0 fully saturated rings. The van der Waals surface area contributed by atoms with Crippen LogP contribution in [0.5, 0.6) is 5.75 Å². The number of carboxylic acid groups (broad SMARTS) is 1. The van der Waals surface area contributed by atoms with Gasteiger partial charge in [0.05, 0.1) is 0 Å². The summed E-state index contributed by atoms with van der Waals surface area (Å²) in [6.45, 7) is 1.50. The second-order valence-electron chi connectivity index (χ2n) is 7.77. The number of amides is 1. The van der Waals surface area contributed by atoms with E-state index in [4.69, 9.17) is 14.2 Å². The topological polar surface area (TPSA) is 111 Å². The maximum atomic E-state index is 12.2. The zero-order valence-corrected chi connectivity index (χ0v) is 18.6. The summed E-state index contributed by atoms with van der Waals surface area (Å²) in [6, 6.07) is 24.5. The molecule has 176 valence electrons. The van der Waals surface area contributed by atoms with E-state index in [0.717, 1.165) is 11.1 Å². The monoisotopic (exact) mass is 463 g/mol. The summed E-state index contributed by atoms with van der Waals surface area (Å²) in [6.07, 6.45) is -1.70. The van der Waals surface area contributed by atoms with Crippen molar-refractivity contribution in [1.82, 2.24) is 5.32 Å². The van der Waals surface area contributed by atoms with E-state index in [1.54, 1.807) is 24.3 Å². The normalized spacial score (nSPS) is 12.1. The van der Waals surface area contributed by atoms with E-state index in [0.29, 0.717) is 5.56 Å². The number of carbonyl (C=O) groups excluding carboxylic acids is 2. The first-order chi connectivity index (χ1) is 16.3. The maximum Gasteiger partial charge on any atom is 0.514 e. The van der Waals surface area contributed by atoms with E-state index in [-0.39, 0.29) is 25.4 Å². The minimum atomic E-state index is -1.61. The zero-order chi connectivity index (χ0) is 24.4. The highest BCUT2D eigenvalue weighted by Gasteiger charge is 2.35. The van der Waals surface area contributed by atoms with E-state index >= 15 is 0 Å². The number of benzene rings is 3. The molecule has 3 rings (SSSR count). The lowest BCUT2D eigenvalue weighted by Crippen LogP contribution is -2.53. The van der Waals surface area contributed by atoms with Crippen LogP contribution >= 0.6 is 0 Å². The molecule has 8 heteroatoms. The van der Waals surface area contributed by atoms with Crippen LogP contribution in [0.4, 0.5) is 9.59 Å². The summed E-state index contributed by atoms with van der Waals surface area (Å²) in [5, 5.41) is 12.1. The van der Waals surface area contributed by atoms with E-state index < -0.39 is 23.8 Å². The molecule has 0 aliphatic carbocycles. The standard InChI is InChI=1S/C26H25NO7/c1-26(23(28)29,27-24(30)32-17-20-8-4-2-5-9-20)16-19-12-14-22(15-13-19)34-25(31)33-18-21-10-6-3-7-11-21/h2-15H,16-18H2,1H3,(H,27,30)(H,28,29). The van der Waals surface area contributed by atoms with Crippen LogP contribution in [0.2, 0.25) is 0 Å². The number of hydrogen-bond acceptors (Lipinski definition) is 6. The molecule has 2 N–H and O–H groups in total. The molecule has 0 bridgehead atoms. The second-order valence-corrected chi connectivity index (χ2v) is 7.77. The third-order valence-corrected chi connectivity index (χ3v) is 4.94. The Labute approximate surface area is 197 Å². The first-order valence-electron chi connectivity index (χ1n) is 10.5. The Morgan fingerprint density at radius 3 is 1.82 bits per heavy atom. The number of aliphatic carboxylic acids is 1. The molecule has 8 nitrogen and oxygen atoms in total. The fourth-order valence-corrected chi connectivity index (χ4v) is 3.08. The number of nitrogens with one attached hydrogen (secondary N) is 1. The van der Waals surface area contributed by atoms with Gasteiger partial charge < -0.3 is 24.6 Å². The van der Waals surface area contributed by atoms with Crippen LogP contribution in [-0.4, -0.2) is 28.9 Å². The number of ether oxygens (including phenoxy) is 3. The Kier molecular flexibility index (Phi) is 8.23. The summed E-state index contributed by atoms with van der Waals surface area (Å²) >= 11 is 0. The Hall–Kier alpha value is -4.33. The molecule has 0 aromatic heterocycles. The van der Waals surface area contributed by atoms with Crippen molar-refractivity contribution in [2.75, 3.05) is 0 Å². The third kappa shape index (κ3) is 7.37. The number of hydrogen-bond donors (Lipinski definition) is 2. The third-order valence-electron chi connectivity index (χ3n) is 4.94. The predicted octanol–water partition coefficient (Wildman–Crippen LogP) is 4.71. The van der Waals surface area contributed by atoms with Gasteiger partial charge in [0, 0.05) is 6.42 Å². The molecule has 1 unspecified atom stereocenters. The van der Waals surface area contributed by atoms with Gasteiger partial charge in [-0.1, -0.05) is 72.8 Å². The molecule has 0 aliphatic rings. The lowest BCUT2D eigenvalue weighted by Gasteiger charge is -2.26. The molecular weight excluding hydrogens is 438 g/mol. The van der Waals surface area contributed by atoms with Crippen LogP contribution in [0, 0.1) is 0 Å². The van der Waals surface area contributed by atoms with Crippen LogP contribution in [0.25, 0.3) is 0 Å². The van der Waals surface area contributed by atoms with Crippen molar-refractivity contribution in [1.29, 1.82) is 0 Å². The Morgan fingerprint density at radius 2 is 1.29 bits per heavy atom. The highest BCUT2D eigenvalue weighted by atomic mass is 16.7. The maximum absolute atomic E-state index is 12.2. The van der Waals surface area contributed by atoms with Gasteiger partial charge in [-0.2, -0.15) is 0 Å². The van der Waals surface area contributed by atoms with E-state index in [2.05, 4.69) is 5.32 Å². The quantitative estimate of drug-likeness (QED) is 0.349. The predicted molar refractivity (Wildman–Crippen MR) is 123 cm³/mol. The van der Waals surface area contributed by atoms with Gasteiger partial charge in [-0.3, -0.25) is 0 Å². The molecule has 34 heavy (non-hydrogen) atoms. The van der Waals surface area contributed by atoms with Gasteiger partial charge in [-0.05, 0) is 35.7 Å². The highest BCUT2D eigenvalue weighted by molar-refractivity contribution is 5.84. The van der Waals surface area contributed by atoms with Gasteiger partial charge in [0.15, 0.2) is 0 Å². The minimum Gasteiger partial charge on any atom is -0.480 e. The van der Waals surface area contributed by atoms with Crippen molar-refractivity contribution in [3.8, 4) is 5.75 Å². The first-order valence-corrected chi connectivity index (χ1v) is 10.5. The summed E-state index contributed by atoms with van der Waals surface area (Å²) in [4.78, 5) is 36.0. The molecule has 3 aromatic rings. The minimum absolute atomic E-state index is 0.0124. The molecule has 3 aromatic carbocycles. The molecule has 0 spiro atoms. The zero-order valence-electron chi connectivity index (χ0n) is 18.6. The Bertz CT molecular complexity index is 1100. The Morgan fingerprint density at radius 1 is 0.765 bits per heavy atom. The molecule has 1 atom stereocenters. The van der Waals surface area contributed by atoms with Gasteiger partial charge in [0.1, 0.15) is 24.5 Å². The van der Waals surface area contributed by atoms with Gasteiger partial charge in [-0.15, -0.1) is 0 Å². The van der Waals surface area contributed by atoms with E-state index in [1.807, 2.05) is 48.5 Å². The van der Waals surface area contributed by atoms with Gasteiger partial charge in [0.2, 0.25) is 0 Å². The average molecular weight is 463 g/mol. The van der Waals surface area contributed by atoms with Crippen LogP contribution in [-0.2, 0) is 33.9 Å². The van der Waals surface area contributed by atoms with Crippen LogP contribution < -0.4 is 10.1 Å². The van der Waals surface area contributed by atoms with Crippen molar-refractivity contribution in [3.63, 3.8) is 0 Å².